The van der Waals surface area contributed by atoms with Gasteiger partial charge in [-0.25, -0.2) is 0 Å². The fourth-order valence-corrected chi connectivity index (χ4v) is 2.49. The summed E-state index contributed by atoms with van der Waals surface area (Å²) in [6.07, 6.45) is 1.99. The highest BCUT2D eigenvalue weighted by Crippen LogP contribution is 2.40. The molecule has 1 N–H and O–H groups in total. The third-order valence-electron chi connectivity index (χ3n) is 3.84. The molecule has 0 unspecified atom stereocenters. The van der Waals surface area contributed by atoms with Gasteiger partial charge in [-0.1, -0.05) is 25.5 Å². The Morgan fingerprint density at radius 1 is 0.923 bits per heavy atom. The predicted octanol–water partition coefficient (Wildman–Crippen LogP) is 4.14. The van der Waals surface area contributed by atoms with Gasteiger partial charge in [0.15, 0.2) is 11.5 Å². The Labute approximate surface area is 154 Å². The van der Waals surface area contributed by atoms with Gasteiger partial charge in [-0.15, -0.1) is 0 Å². The van der Waals surface area contributed by atoms with Crippen LogP contribution in [0.3, 0.4) is 0 Å². The van der Waals surface area contributed by atoms with Crippen molar-refractivity contribution in [1.82, 2.24) is 0 Å². The quantitative estimate of drug-likeness (QED) is 0.682. The zero-order valence-electron chi connectivity index (χ0n) is 15.6. The van der Waals surface area contributed by atoms with Crippen LogP contribution in [0, 0.1) is 0 Å². The van der Waals surface area contributed by atoms with E-state index in [0.717, 1.165) is 12.8 Å². The molecule has 140 valence electrons. The van der Waals surface area contributed by atoms with E-state index in [1.807, 2.05) is 18.2 Å². The standard InChI is InChI=1S/C20H25NO5/c1-5-6-13-26-16-10-8-7-9-15(16)21-20(22)14-11-12-17(23-2)19(25-4)18(14)24-3/h7-12H,5-6,13H2,1-4H3,(H,21,22). The molecule has 0 aromatic heterocycles. The van der Waals surface area contributed by atoms with Crippen molar-refractivity contribution in [2.75, 3.05) is 33.3 Å². The van der Waals surface area contributed by atoms with E-state index in [2.05, 4.69) is 12.2 Å². The molecule has 0 aliphatic heterocycles. The van der Waals surface area contributed by atoms with Gasteiger partial charge >= 0.3 is 0 Å². The van der Waals surface area contributed by atoms with Crippen molar-refractivity contribution in [3.63, 3.8) is 0 Å². The van der Waals surface area contributed by atoms with E-state index in [4.69, 9.17) is 18.9 Å². The van der Waals surface area contributed by atoms with E-state index < -0.39 is 0 Å². The fourth-order valence-electron chi connectivity index (χ4n) is 2.49. The molecule has 0 atom stereocenters. The first-order chi connectivity index (χ1) is 12.7. The second kappa shape index (κ2) is 9.56. The summed E-state index contributed by atoms with van der Waals surface area (Å²) in [5.74, 6) is 1.48. The van der Waals surface area contributed by atoms with Crippen molar-refractivity contribution < 1.29 is 23.7 Å². The van der Waals surface area contributed by atoms with Gasteiger partial charge in [-0.3, -0.25) is 4.79 Å². The normalized spacial score (nSPS) is 10.2. The number of ether oxygens (including phenoxy) is 4. The Kier molecular flexibility index (Phi) is 7.14. The first-order valence-corrected chi connectivity index (χ1v) is 8.48. The molecule has 0 heterocycles. The average Bonchev–Trinajstić information content (AvgIpc) is 2.67. The van der Waals surface area contributed by atoms with Gasteiger partial charge in [0.1, 0.15) is 5.75 Å². The lowest BCUT2D eigenvalue weighted by atomic mass is 10.1. The molecule has 6 nitrogen and oxygen atoms in total. The van der Waals surface area contributed by atoms with E-state index >= 15 is 0 Å². The lowest BCUT2D eigenvalue weighted by Gasteiger charge is -2.16. The van der Waals surface area contributed by atoms with Gasteiger partial charge in [0.2, 0.25) is 5.75 Å². The molecule has 0 bridgehead atoms. The smallest absolute Gasteiger partial charge is 0.259 e. The molecule has 0 saturated carbocycles. The first kappa shape index (κ1) is 19.4. The minimum Gasteiger partial charge on any atom is -0.493 e. The fraction of sp³-hybridized carbons (Fsp3) is 0.350. The van der Waals surface area contributed by atoms with Gasteiger partial charge in [0, 0.05) is 0 Å². The van der Waals surface area contributed by atoms with Crippen LogP contribution in [0.25, 0.3) is 0 Å². The predicted molar refractivity (Wildman–Crippen MR) is 101 cm³/mol. The summed E-state index contributed by atoms with van der Waals surface area (Å²) in [5.41, 5.74) is 0.943. The lowest BCUT2D eigenvalue weighted by molar-refractivity contribution is 0.102. The molecule has 6 heteroatoms. The van der Waals surface area contributed by atoms with Crippen LogP contribution in [0.5, 0.6) is 23.0 Å². The number of carbonyl (C=O) groups is 1. The van der Waals surface area contributed by atoms with Crippen molar-refractivity contribution in [3.05, 3.63) is 42.0 Å². The Balaban J connectivity index is 2.28. The van der Waals surface area contributed by atoms with Gasteiger partial charge in [-0.05, 0) is 30.7 Å². The van der Waals surface area contributed by atoms with E-state index in [-0.39, 0.29) is 5.91 Å². The van der Waals surface area contributed by atoms with E-state index in [9.17, 15) is 4.79 Å². The van der Waals surface area contributed by atoms with Crippen LogP contribution in [0.4, 0.5) is 5.69 Å². The second-order valence-corrected chi connectivity index (χ2v) is 5.53. The maximum atomic E-state index is 12.8. The van der Waals surface area contributed by atoms with Gasteiger partial charge in [-0.2, -0.15) is 0 Å². The summed E-state index contributed by atoms with van der Waals surface area (Å²) < 4.78 is 21.7. The summed E-state index contributed by atoms with van der Waals surface area (Å²) >= 11 is 0. The number of methoxy groups -OCH3 is 3. The van der Waals surface area contributed by atoms with Crippen molar-refractivity contribution in [2.24, 2.45) is 0 Å². The Hall–Kier alpha value is -2.89. The number of carbonyl (C=O) groups excluding carboxylic acids is 1. The Morgan fingerprint density at radius 3 is 2.31 bits per heavy atom. The van der Waals surface area contributed by atoms with Crippen LogP contribution >= 0.6 is 0 Å². The molecule has 0 spiro atoms. The molecular formula is C20H25NO5. The van der Waals surface area contributed by atoms with Crippen LogP contribution in [-0.4, -0.2) is 33.8 Å². The van der Waals surface area contributed by atoms with Crippen LogP contribution in [0.2, 0.25) is 0 Å². The van der Waals surface area contributed by atoms with E-state index in [1.54, 1.807) is 18.2 Å². The molecule has 0 radical (unpaired) electrons. The van der Waals surface area contributed by atoms with Crippen LogP contribution in [0.1, 0.15) is 30.1 Å². The summed E-state index contributed by atoms with van der Waals surface area (Å²) in [7, 11) is 4.51. The van der Waals surface area contributed by atoms with Gasteiger partial charge in [0.05, 0.1) is 39.2 Å². The number of amides is 1. The minimum atomic E-state index is -0.325. The van der Waals surface area contributed by atoms with Crippen molar-refractivity contribution in [1.29, 1.82) is 0 Å². The number of benzene rings is 2. The zero-order chi connectivity index (χ0) is 18.9. The topological polar surface area (TPSA) is 66.0 Å². The maximum Gasteiger partial charge on any atom is 0.259 e. The number of hydrogen-bond acceptors (Lipinski definition) is 5. The number of anilines is 1. The molecule has 2 aromatic rings. The van der Waals surface area contributed by atoms with Gasteiger partial charge in [0.25, 0.3) is 5.91 Å². The third kappa shape index (κ3) is 4.39. The zero-order valence-corrected chi connectivity index (χ0v) is 15.6. The monoisotopic (exact) mass is 359 g/mol. The first-order valence-electron chi connectivity index (χ1n) is 8.48. The number of nitrogens with one attached hydrogen (secondary N) is 1. The van der Waals surface area contributed by atoms with Crippen LogP contribution in [-0.2, 0) is 0 Å². The largest absolute Gasteiger partial charge is 0.493 e. The molecule has 0 aliphatic carbocycles. The molecule has 26 heavy (non-hydrogen) atoms. The van der Waals surface area contributed by atoms with Crippen molar-refractivity contribution in [2.45, 2.75) is 19.8 Å². The lowest BCUT2D eigenvalue weighted by Crippen LogP contribution is -2.15. The molecule has 0 fully saturated rings. The van der Waals surface area contributed by atoms with Crippen LogP contribution in [0.15, 0.2) is 36.4 Å². The third-order valence-corrected chi connectivity index (χ3v) is 3.84. The van der Waals surface area contributed by atoms with Crippen molar-refractivity contribution in [3.8, 4) is 23.0 Å². The number of rotatable bonds is 9. The number of unbranched alkanes of at least 4 members (excludes halogenated alkanes) is 1. The van der Waals surface area contributed by atoms with E-state index in [0.29, 0.717) is 40.9 Å². The SMILES string of the molecule is CCCCOc1ccccc1NC(=O)c1ccc(OC)c(OC)c1OC. The second-order valence-electron chi connectivity index (χ2n) is 5.53. The average molecular weight is 359 g/mol. The van der Waals surface area contributed by atoms with Gasteiger partial charge < -0.3 is 24.3 Å². The summed E-state index contributed by atoms with van der Waals surface area (Å²) in [5, 5.41) is 2.88. The molecule has 0 saturated heterocycles. The Morgan fingerprint density at radius 2 is 1.65 bits per heavy atom. The molecule has 0 aliphatic rings. The summed E-state index contributed by atoms with van der Waals surface area (Å²) in [6.45, 7) is 2.70. The summed E-state index contributed by atoms with van der Waals surface area (Å²) in [6, 6.07) is 10.6. The number of para-hydroxylation sites is 2. The maximum absolute atomic E-state index is 12.8. The van der Waals surface area contributed by atoms with E-state index in [1.165, 1.54) is 21.3 Å². The number of hydrogen-bond donors (Lipinski definition) is 1. The molecular weight excluding hydrogens is 334 g/mol. The minimum absolute atomic E-state index is 0.314. The molecule has 2 rings (SSSR count). The van der Waals surface area contributed by atoms with Crippen molar-refractivity contribution >= 4 is 11.6 Å². The Bertz CT molecular complexity index is 745. The highest BCUT2D eigenvalue weighted by molar-refractivity contribution is 6.07. The molecule has 2 aromatic carbocycles. The molecule has 1 amide bonds. The highest BCUT2D eigenvalue weighted by atomic mass is 16.5. The van der Waals surface area contributed by atoms with Crippen LogP contribution < -0.4 is 24.3 Å². The summed E-state index contributed by atoms with van der Waals surface area (Å²) in [4.78, 5) is 12.8. The highest BCUT2D eigenvalue weighted by Gasteiger charge is 2.21.